The molecule has 0 amide bonds. The minimum absolute atomic E-state index is 0.0356. The van der Waals surface area contributed by atoms with Crippen LogP contribution in [0, 0.1) is 35.0 Å². The summed E-state index contributed by atoms with van der Waals surface area (Å²) in [6, 6.07) is 0. The van der Waals surface area contributed by atoms with Gasteiger partial charge in [0.2, 0.25) is 0 Å². The van der Waals surface area contributed by atoms with Crippen LogP contribution in [-0.4, -0.2) is 18.0 Å². The molecule has 6 rings (SSSR count). The summed E-state index contributed by atoms with van der Waals surface area (Å²) in [5.74, 6) is 4.78. The fourth-order valence-corrected chi connectivity index (χ4v) is 8.20. The Bertz CT molecular complexity index is 714. The van der Waals surface area contributed by atoms with Gasteiger partial charge < -0.3 is 4.74 Å². The summed E-state index contributed by atoms with van der Waals surface area (Å²) in [6.45, 7) is 3.38. The molecular formula is C24H32O2. The highest BCUT2D eigenvalue weighted by Crippen LogP contribution is 2.68. The molecule has 6 aliphatic rings. The van der Waals surface area contributed by atoms with Gasteiger partial charge in [0.15, 0.2) is 0 Å². The van der Waals surface area contributed by atoms with Crippen molar-refractivity contribution in [1.29, 1.82) is 0 Å². The van der Waals surface area contributed by atoms with Crippen LogP contribution >= 0.6 is 0 Å². The molecule has 4 unspecified atom stereocenters. The maximum absolute atomic E-state index is 12.1. The number of carbonyl (C=O) groups excluding carboxylic acids is 1. The Morgan fingerprint density at radius 1 is 1.12 bits per heavy atom. The SMILES string of the molecule is C[C@]12CCC3C4=C(CC(=O)CC4)CC(C4CC4)C3C1CC[C@@]21C=CCO1. The maximum Gasteiger partial charge on any atom is 0.137 e. The lowest BCUT2D eigenvalue weighted by Crippen LogP contribution is -2.53. The van der Waals surface area contributed by atoms with Crippen molar-refractivity contribution in [1.82, 2.24) is 0 Å². The lowest BCUT2D eigenvalue weighted by Gasteiger charge is -2.56. The third kappa shape index (κ3) is 2.00. The number of ketones is 1. The molecule has 1 heterocycles. The Labute approximate surface area is 157 Å². The monoisotopic (exact) mass is 352 g/mol. The third-order valence-corrected chi connectivity index (χ3v) is 9.53. The van der Waals surface area contributed by atoms with Crippen LogP contribution in [0.15, 0.2) is 23.3 Å². The van der Waals surface area contributed by atoms with Gasteiger partial charge in [0.25, 0.3) is 0 Å². The van der Waals surface area contributed by atoms with Gasteiger partial charge in [0.05, 0.1) is 12.2 Å². The summed E-state index contributed by atoms with van der Waals surface area (Å²) in [6.07, 6.45) is 16.8. The van der Waals surface area contributed by atoms with E-state index in [2.05, 4.69) is 19.1 Å². The zero-order chi connectivity index (χ0) is 17.5. The lowest BCUT2D eigenvalue weighted by atomic mass is 9.49. The molecule has 6 atom stereocenters. The van der Waals surface area contributed by atoms with E-state index in [1.807, 2.05) is 0 Å². The van der Waals surface area contributed by atoms with Gasteiger partial charge in [-0.05, 0) is 81.0 Å². The molecule has 0 radical (unpaired) electrons. The standard InChI is InChI=1S/C24H32O2/c1-23-10-7-19-18-6-5-17(25)13-16(18)14-20(15-3-4-15)22(19)21(23)8-11-24(23)9-2-12-26-24/h2,9,15,19-22H,3-8,10-14H2,1H3/t19?,20?,21?,22?,23-,24-/m0/s1. The van der Waals surface area contributed by atoms with Gasteiger partial charge in [-0.1, -0.05) is 30.2 Å². The molecule has 140 valence electrons. The molecule has 0 N–H and O–H groups in total. The Hall–Kier alpha value is -0.890. The summed E-state index contributed by atoms with van der Waals surface area (Å²) >= 11 is 0. The van der Waals surface area contributed by atoms with Gasteiger partial charge in [-0.25, -0.2) is 0 Å². The first-order valence-corrected chi connectivity index (χ1v) is 11.2. The van der Waals surface area contributed by atoms with Crippen LogP contribution in [0.3, 0.4) is 0 Å². The average Bonchev–Trinajstić information content (AvgIpc) is 3.29. The van der Waals surface area contributed by atoms with E-state index in [-0.39, 0.29) is 5.60 Å². The van der Waals surface area contributed by atoms with Gasteiger partial charge in [-0.2, -0.15) is 0 Å². The Morgan fingerprint density at radius 2 is 2.00 bits per heavy atom. The van der Waals surface area contributed by atoms with Crippen LogP contribution in [0.25, 0.3) is 0 Å². The van der Waals surface area contributed by atoms with E-state index in [0.29, 0.717) is 11.2 Å². The zero-order valence-corrected chi connectivity index (χ0v) is 16.1. The van der Waals surface area contributed by atoms with Crippen LogP contribution in [-0.2, 0) is 9.53 Å². The zero-order valence-electron chi connectivity index (χ0n) is 16.1. The van der Waals surface area contributed by atoms with Crippen molar-refractivity contribution < 1.29 is 9.53 Å². The molecule has 0 aromatic heterocycles. The van der Waals surface area contributed by atoms with E-state index >= 15 is 0 Å². The second-order valence-corrected chi connectivity index (χ2v) is 10.4. The quantitative estimate of drug-likeness (QED) is 0.604. The normalized spacial score (nSPS) is 50.1. The molecule has 3 fully saturated rings. The van der Waals surface area contributed by atoms with Crippen molar-refractivity contribution >= 4 is 5.78 Å². The van der Waals surface area contributed by atoms with Crippen molar-refractivity contribution in [3.63, 3.8) is 0 Å². The van der Waals surface area contributed by atoms with Gasteiger partial charge in [0, 0.05) is 18.3 Å². The number of carbonyl (C=O) groups is 1. The smallest absolute Gasteiger partial charge is 0.137 e. The molecule has 0 bridgehead atoms. The highest BCUT2D eigenvalue weighted by Gasteiger charge is 2.64. The number of hydrogen-bond donors (Lipinski definition) is 0. The number of hydrogen-bond acceptors (Lipinski definition) is 2. The molecule has 2 heteroatoms. The van der Waals surface area contributed by atoms with Gasteiger partial charge in [0.1, 0.15) is 5.78 Å². The summed E-state index contributed by atoms with van der Waals surface area (Å²) in [7, 11) is 0. The molecule has 1 aliphatic heterocycles. The first-order valence-electron chi connectivity index (χ1n) is 11.2. The Morgan fingerprint density at radius 3 is 2.77 bits per heavy atom. The fourth-order valence-electron chi connectivity index (χ4n) is 8.20. The molecule has 26 heavy (non-hydrogen) atoms. The molecule has 0 aromatic carbocycles. The maximum atomic E-state index is 12.1. The molecule has 0 aromatic rings. The van der Waals surface area contributed by atoms with Crippen LogP contribution in [0.2, 0.25) is 0 Å². The van der Waals surface area contributed by atoms with Crippen molar-refractivity contribution in [2.45, 2.75) is 76.7 Å². The van der Waals surface area contributed by atoms with E-state index in [0.717, 1.165) is 55.5 Å². The number of Topliss-reactive ketones (excluding diaryl/α,β-unsaturated/α-hetero) is 1. The third-order valence-electron chi connectivity index (χ3n) is 9.53. The fraction of sp³-hybridized carbons (Fsp3) is 0.792. The minimum atomic E-state index is 0.0356. The molecule has 5 aliphatic carbocycles. The Kier molecular flexibility index (Phi) is 3.31. The van der Waals surface area contributed by atoms with Gasteiger partial charge >= 0.3 is 0 Å². The van der Waals surface area contributed by atoms with E-state index < -0.39 is 0 Å². The van der Waals surface area contributed by atoms with E-state index in [4.69, 9.17) is 4.74 Å². The molecule has 3 saturated carbocycles. The van der Waals surface area contributed by atoms with Crippen LogP contribution < -0.4 is 0 Å². The van der Waals surface area contributed by atoms with Crippen LogP contribution in [0.1, 0.15) is 71.1 Å². The van der Waals surface area contributed by atoms with Gasteiger partial charge in [-0.3, -0.25) is 4.79 Å². The second kappa shape index (κ2) is 5.34. The topological polar surface area (TPSA) is 26.3 Å². The lowest BCUT2D eigenvalue weighted by molar-refractivity contribution is -0.120. The highest BCUT2D eigenvalue weighted by molar-refractivity contribution is 5.82. The van der Waals surface area contributed by atoms with Crippen molar-refractivity contribution in [2.75, 3.05) is 6.61 Å². The molecule has 2 nitrogen and oxygen atoms in total. The van der Waals surface area contributed by atoms with E-state index in [9.17, 15) is 4.79 Å². The Balaban J connectivity index is 1.41. The summed E-state index contributed by atoms with van der Waals surface area (Å²) in [5.41, 5.74) is 3.70. The van der Waals surface area contributed by atoms with Crippen molar-refractivity contribution in [2.24, 2.45) is 35.0 Å². The van der Waals surface area contributed by atoms with Crippen molar-refractivity contribution in [3.8, 4) is 0 Å². The number of rotatable bonds is 1. The predicted molar refractivity (Wildman–Crippen MR) is 102 cm³/mol. The van der Waals surface area contributed by atoms with Crippen LogP contribution in [0.4, 0.5) is 0 Å². The largest absolute Gasteiger partial charge is 0.366 e. The first kappa shape index (κ1) is 16.1. The summed E-state index contributed by atoms with van der Waals surface area (Å²) in [5, 5.41) is 0. The van der Waals surface area contributed by atoms with Gasteiger partial charge in [-0.15, -0.1) is 0 Å². The number of ether oxygens (including phenoxy) is 1. The van der Waals surface area contributed by atoms with Crippen LogP contribution in [0.5, 0.6) is 0 Å². The number of fused-ring (bicyclic) bond motifs is 5. The molecular weight excluding hydrogens is 320 g/mol. The predicted octanol–water partition coefficient (Wildman–Crippen LogP) is 5.23. The molecule has 0 saturated heterocycles. The number of allylic oxidation sites excluding steroid dienone is 2. The average molecular weight is 353 g/mol. The highest BCUT2D eigenvalue weighted by atomic mass is 16.5. The van der Waals surface area contributed by atoms with E-state index in [1.54, 1.807) is 11.1 Å². The minimum Gasteiger partial charge on any atom is -0.366 e. The summed E-state index contributed by atoms with van der Waals surface area (Å²) in [4.78, 5) is 12.1. The first-order chi connectivity index (χ1) is 12.6. The van der Waals surface area contributed by atoms with E-state index in [1.165, 1.54) is 44.9 Å². The summed E-state index contributed by atoms with van der Waals surface area (Å²) < 4.78 is 6.42. The molecule has 1 spiro atoms. The second-order valence-electron chi connectivity index (χ2n) is 10.4. The van der Waals surface area contributed by atoms with Crippen molar-refractivity contribution in [3.05, 3.63) is 23.3 Å².